The molecular formula is C19H23FN4O4S2. The van der Waals surface area contributed by atoms with Crippen LogP contribution in [0.5, 0.6) is 0 Å². The maximum absolute atomic E-state index is 14.3. The van der Waals surface area contributed by atoms with Gasteiger partial charge in [0.15, 0.2) is 5.13 Å². The van der Waals surface area contributed by atoms with Gasteiger partial charge >= 0.3 is 0 Å². The fourth-order valence-corrected chi connectivity index (χ4v) is 5.81. The molecule has 1 aromatic carbocycles. The minimum absolute atomic E-state index is 0.0686. The van der Waals surface area contributed by atoms with Crippen molar-refractivity contribution >= 4 is 32.4 Å². The van der Waals surface area contributed by atoms with Crippen LogP contribution in [0.1, 0.15) is 28.9 Å². The molecule has 2 aromatic rings. The number of ether oxygens (including phenoxy) is 1. The van der Waals surface area contributed by atoms with E-state index in [0.717, 1.165) is 43.8 Å². The molecule has 3 heterocycles. The number of aromatic nitrogens is 1. The summed E-state index contributed by atoms with van der Waals surface area (Å²) in [5, 5.41) is 4.97. The standard InChI is InChI=1S/C19H23FN4O4S2/c20-16-4-3-14(11-17(16)30(26,27)24-5-1-2-6-24)18(25)22-19-21-15(13-29-19)12-23-7-9-28-10-8-23/h3-4,11,13H,1-2,5-10,12H2,(H,21,22,25). The Bertz CT molecular complexity index is 1020. The summed E-state index contributed by atoms with van der Waals surface area (Å²) in [6, 6.07) is 3.39. The molecule has 1 N–H and O–H groups in total. The lowest BCUT2D eigenvalue weighted by atomic mass is 10.2. The first-order valence-electron chi connectivity index (χ1n) is 9.79. The van der Waals surface area contributed by atoms with E-state index in [1.54, 1.807) is 0 Å². The highest BCUT2D eigenvalue weighted by Crippen LogP contribution is 2.25. The van der Waals surface area contributed by atoms with Gasteiger partial charge in [-0.2, -0.15) is 4.31 Å². The molecule has 2 fully saturated rings. The lowest BCUT2D eigenvalue weighted by Gasteiger charge is -2.25. The average Bonchev–Trinajstić information content (AvgIpc) is 3.42. The van der Waals surface area contributed by atoms with Crippen molar-refractivity contribution in [1.82, 2.24) is 14.2 Å². The molecule has 0 unspecified atom stereocenters. The van der Waals surface area contributed by atoms with Gasteiger partial charge in [-0.05, 0) is 31.0 Å². The molecule has 0 aliphatic carbocycles. The van der Waals surface area contributed by atoms with Gasteiger partial charge in [0.1, 0.15) is 10.7 Å². The number of thiazole rings is 1. The largest absolute Gasteiger partial charge is 0.379 e. The SMILES string of the molecule is O=C(Nc1nc(CN2CCOCC2)cs1)c1ccc(F)c(S(=O)(=O)N2CCCC2)c1. The van der Waals surface area contributed by atoms with Crippen LogP contribution < -0.4 is 5.32 Å². The van der Waals surface area contributed by atoms with Crippen molar-refractivity contribution in [1.29, 1.82) is 0 Å². The van der Waals surface area contributed by atoms with Crippen molar-refractivity contribution in [3.8, 4) is 0 Å². The third-order valence-corrected chi connectivity index (χ3v) is 7.86. The van der Waals surface area contributed by atoms with Crippen LogP contribution in [-0.4, -0.2) is 67.9 Å². The van der Waals surface area contributed by atoms with Crippen molar-refractivity contribution in [2.24, 2.45) is 0 Å². The zero-order valence-electron chi connectivity index (χ0n) is 16.3. The number of halogens is 1. The molecule has 0 spiro atoms. The number of benzene rings is 1. The second-order valence-electron chi connectivity index (χ2n) is 7.24. The van der Waals surface area contributed by atoms with E-state index in [2.05, 4.69) is 15.2 Å². The second kappa shape index (κ2) is 9.06. The van der Waals surface area contributed by atoms with Crippen molar-refractivity contribution in [3.63, 3.8) is 0 Å². The predicted molar refractivity (Wildman–Crippen MR) is 111 cm³/mol. The molecule has 162 valence electrons. The van der Waals surface area contributed by atoms with E-state index in [9.17, 15) is 17.6 Å². The molecule has 4 rings (SSSR count). The van der Waals surface area contributed by atoms with Crippen LogP contribution >= 0.6 is 11.3 Å². The van der Waals surface area contributed by atoms with Crippen LogP contribution in [0.25, 0.3) is 0 Å². The summed E-state index contributed by atoms with van der Waals surface area (Å²) < 4.78 is 46.3. The van der Waals surface area contributed by atoms with E-state index >= 15 is 0 Å². The molecule has 0 saturated carbocycles. The quantitative estimate of drug-likeness (QED) is 0.719. The minimum Gasteiger partial charge on any atom is -0.379 e. The fourth-order valence-electron chi connectivity index (χ4n) is 3.50. The number of hydrogen-bond acceptors (Lipinski definition) is 7. The Hall–Kier alpha value is -1.92. The molecule has 30 heavy (non-hydrogen) atoms. The van der Waals surface area contributed by atoms with Gasteiger partial charge in [0.2, 0.25) is 10.0 Å². The first-order valence-corrected chi connectivity index (χ1v) is 12.1. The Balaban J connectivity index is 1.46. The monoisotopic (exact) mass is 454 g/mol. The molecule has 11 heteroatoms. The average molecular weight is 455 g/mol. The van der Waals surface area contributed by atoms with Gasteiger partial charge in [-0.3, -0.25) is 15.0 Å². The molecule has 0 radical (unpaired) electrons. The Labute approximate surface area is 178 Å². The van der Waals surface area contributed by atoms with Crippen LogP contribution in [0.15, 0.2) is 28.5 Å². The molecular weight excluding hydrogens is 431 g/mol. The van der Waals surface area contributed by atoms with Crippen LogP contribution in [0, 0.1) is 5.82 Å². The zero-order valence-corrected chi connectivity index (χ0v) is 18.0. The third-order valence-electron chi connectivity index (χ3n) is 5.14. The van der Waals surface area contributed by atoms with Gasteiger partial charge in [-0.1, -0.05) is 0 Å². The van der Waals surface area contributed by atoms with E-state index in [1.807, 2.05) is 5.38 Å². The minimum atomic E-state index is -3.96. The molecule has 8 nitrogen and oxygen atoms in total. The topological polar surface area (TPSA) is 91.8 Å². The highest BCUT2D eigenvalue weighted by atomic mass is 32.2. The predicted octanol–water partition coefficient (Wildman–Crippen LogP) is 2.15. The number of nitrogens with one attached hydrogen (secondary N) is 1. The number of rotatable bonds is 6. The number of anilines is 1. The lowest BCUT2D eigenvalue weighted by molar-refractivity contribution is 0.0337. The normalized spacial score (nSPS) is 18.6. The molecule has 0 atom stereocenters. The summed E-state index contributed by atoms with van der Waals surface area (Å²) in [7, 11) is -3.96. The number of morpholine rings is 1. The van der Waals surface area contributed by atoms with Crippen LogP contribution in [0.2, 0.25) is 0 Å². The summed E-state index contributed by atoms with van der Waals surface area (Å²) in [6.07, 6.45) is 1.50. The van der Waals surface area contributed by atoms with Crippen molar-refractivity contribution in [3.05, 3.63) is 40.7 Å². The summed E-state index contributed by atoms with van der Waals surface area (Å²) in [6.45, 7) is 4.46. The summed E-state index contributed by atoms with van der Waals surface area (Å²) in [5.41, 5.74) is 0.910. The highest BCUT2D eigenvalue weighted by Gasteiger charge is 2.30. The zero-order chi connectivity index (χ0) is 21.1. The van der Waals surface area contributed by atoms with Gasteiger partial charge in [0.25, 0.3) is 5.91 Å². The molecule has 1 aromatic heterocycles. The number of sulfonamides is 1. The lowest BCUT2D eigenvalue weighted by Crippen LogP contribution is -2.35. The van der Waals surface area contributed by atoms with Crippen molar-refractivity contribution in [2.75, 3.05) is 44.7 Å². The van der Waals surface area contributed by atoms with Crippen molar-refractivity contribution < 1.29 is 22.3 Å². The summed E-state index contributed by atoms with van der Waals surface area (Å²) in [4.78, 5) is 18.8. The van der Waals surface area contributed by atoms with E-state index in [4.69, 9.17) is 4.74 Å². The van der Waals surface area contributed by atoms with Gasteiger partial charge in [0.05, 0.1) is 18.9 Å². The Kier molecular flexibility index (Phi) is 6.44. The number of carbonyl (C=O) groups excluding carboxylic acids is 1. The second-order valence-corrected chi connectivity index (χ2v) is 10.0. The number of carbonyl (C=O) groups is 1. The molecule has 2 saturated heterocycles. The number of hydrogen-bond donors (Lipinski definition) is 1. The van der Waals surface area contributed by atoms with Gasteiger partial charge < -0.3 is 4.74 Å². The summed E-state index contributed by atoms with van der Waals surface area (Å²) >= 11 is 1.29. The molecule has 1 amide bonds. The first-order chi connectivity index (χ1) is 14.4. The maximum Gasteiger partial charge on any atom is 0.257 e. The first kappa shape index (κ1) is 21.3. The third kappa shape index (κ3) is 4.70. The van der Waals surface area contributed by atoms with Crippen molar-refractivity contribution in [2.45, 2.75) is 24.3 Å². The maximum atomic E-state index is 14.3. The van der Waals surface area contributed by atoms with Gasteiger partial charge in [-0.25, -0.2) is 17.8 Å². The molecule has 2 aliphatic rings. The van der Waals surface area contributed by atoms with E-state index in [-0.39, 0.29) is 5.56 Å². The van der Waals surface area contributed by atoms with Gasteiger partial charge in [0, 0.05) is 43.7 Å². The Morgan fingerprint density at radius 2 is 1.93 bits per heavy atom. The van der Waals surface area contributed by atoms with E-state index < -0.39 is 26.6 Å². The van der Waals surface area contributed by atoms with Crippen LogP contribution in [0.3, 0.4) is 0 Å². The van der Waals surface area contributed by atoms with Crippen LogP contribution in [0.4, 0.5) is 9.52 Å². The smallest absolute Gasteiger partial charge is 0.257 e. The number of amides is 1. The molecule has 2 aliphatic heterocycles. The van der Waals surface area contributed by atoms with E-state index in [0.29, 0.717) is 38.0 Å². The Morgan fingerprint density at radius 3 is 2.67 bits per heavy atom. The molecule has 0 bridgehead atoms. The number of nitrogens with zero attached hydrogens (tertiary/aromatic N) is 3. The summed E-state index contributed by atoms with van der Waals surface area (Å²) in [5.74, 6) is -1.39. The Morgan fingerprint density at radius 1 is 1.20 bits per heavy atom. The highest BCUT2D eigenvalue weighted by molar-refractivity contribution is 7.89. The van der Waals surface area contributed by atoms with Crippen LogP contribution in [-0.2, 0) is 21.3 Å². The van der Waals surface area contributed by atoms with Gasteiger partial charge in [-0.15, -0.1) is 11.3 Å². The fraction of sp³-hybridized carbons (Fsp3) is 0.474. The van der Waals surface area contributed by atoms with E-state index in [1.165, 1.54) is 21.7 Å².